The highest BCUT2D eigenvalue weighted by molar-refractivity contribution is 7.93. The van der Waals surface area contributed by atoms with Crippen LogP contribution < -0.4 is 9.47 Å². The Hall–Kier alpha value is -1.35. The number of hydrogen-bond acceptors (Lipinski definition) is 6. The highest BCUT2D eigenvalue weighted by Crippen LogP contribution is 2.56. The van der Waals surface area contributed by atoms with E-state index in [0.29, 0.717) is 0 Å². The van der Waals surface area contributed by atoms with Crippen molar-refractivity contribution in [2.75, 3.05) is 19.5 Å². The molecule has 0 bridgehead atoms. The number of hydrogen-bond donors (Lipinski definition) is 0. The summed E-state index contributed by atoms with van der Waals surface area (Å²) in [5.41, 5.74) is -0.479. The standard InChI is InChI=1S/C8H10NO6S2/c1-16-7-6(14-3-4-15-7)5(9(10)11)8(16)17(2,12)13/h3-4H2,1-2H3/q+1. The van der Waals surface area contributed by atoms with Gasteiger partial charge in [0.2, 0.25) is 9.84 Å². The first kappa shape index (κ1) is 12.1. The molecule has 0 saturated carbocycles. The quantitative estimate of drug-likeness (QED) is 0.456. The predicted octanol–water partition coefficient (Wildman–Crippen LogP) is 1.06. The van der Waals surface area contributed by atoms with Crippen LogP contribution in [0, 0.1) is 10.1 Å². The van der Waals surface area contributed by atoms with Crippen LogP contribution >= 0.6 is 10.5 Å². The molecule has 1 aromatic rings. The number of nitro groups is 1. The summed E-state index contributed by atoms with van der Waals surface area (Å²) in [6.07, 6.45) is 2.53. The molecule has 0 spiro atoms. The van der Waals surface area contributed by atoms with Crippen molar-refractivity contribution in [3.05, 3.63) is 10.1 Å². The Labute approximate surface area is 100.0 Å². The molecule has 2 rings (SSSR count). The summed E-state index contributed by atoms with van der Waals surface area (Å²) in [6.45, 7) is 0.461. The average molecular weight is 280 g/mol. The van der Waals surface area contributed by atoms with Crippen LogP contribution in [0.25, 0.3) is 0 Å². The Morgan fingerprint density at radius 2 is 1.94 bits per heavy atom. The number of thiophene rings is 1. The highest BCUT2D eigenvalue weighted by atomic mass is 32.3. The maximum absolute atomic E-state index is 11.6. The molecule has 0 fully saturated rings. The summed E-state index contributed by atoms with van der Waals surface area (Å²) >= 11 is 0. The Balaban J connectivity index is 2.83. The third-order valence-corrected chi connectivity index (χ3v) is 6.37. The van der Waals surface area contributed by atoms with Gasteiger partial charge in [-0.25, -0.2) is 8.42 Å². The van der Waals surface area contributed by atoms with Crippen molar-refractivity contribution < 1.29 is 22.8 Å². The fraction of sp³-hybridized carbons (Fsp3) is 0.500. The monoisotopic (exact) mass is 280 g/mol. The zero-order valence-corrected chi connectivity index (χ0v) is 10.8. The number of sulfone groups is 1. The van der Waals surface area contributed by atoms with E-state index < -0.39 is 30.9 Å². The molecule has 0 aliphatic carbocycles. The van der Waals surface area contributed by atoms with E-state index in [9.17, 15) is 18.5 Å². The zero-order valence-electron chi connectivity index (χ0n) is 9.13. The topological polar surface area (TPSA) is 95.7 Å². The van der Waals surface area contributed by atoms with Crippen molar-refractivity contribution in [2.24, 2.45) is 6.26 Å². The molecular weight excluding hydrogens is 270 g/mol. The van der Waals surface area contributed by atoms with E-state index in [-0.39, 0.29) is 28.2 Å². The van der Waals surface area contributed by atoms with Gasteiger partial charge in [0, 0.05) is 16.7 Å². The van der Waals surface area contributed by atoms with Gasteiger partial charge in [0.1, 0.15) is 19.5 Å². The Morgan fingerprint density at radius 3 is 2.47 bits per heavy atom. The second-order valence-electron chi connectivity index (χ2n) is 3.49. The molecule has 1 unspecified atom stereocenters. The van der Waals surface area contributed by atoms with Crippen LogP contribution in [0.3, 0.4) is 0 Å². The molecule has 1 atom stereocenters. The van der Waals surface area contributed by atoms with E-state index >= 15 is 0 Å². The number of nitrogens with zero attached hydrogens (tertiary/aromatic N) is 1. The lowest BCUT2D eigenvalue weighted by Gasteiger charge is -2.09. The fourth-order valence-electron chi connectivity index (χ4n) is 1.68. The first-order valence-corrected chi connectivity index (χ1v) is 8.11. The van der Waals surface area contributed by atoms with Gasteiger partial charge < -0.3 is 9.47 Å². The minimum atomic E-state index is -3.66. The van der Waals surface area contributed by atoms with E-state index in [1.54, 1.807) is 6.26 Å². The van der Waals surface area contributed by atoms with Crippen LogP contribution in [0.1, 0.15) is 0 Å². The van der Waals surface area contributed by atoms with Gasteiger partial charge in [0.05, 0.1) is 4.92 Å². The Bertz CT molecular complexity index is 588. The average Bonchev–Trinajstić information content (AvgIpc) is 2.52. The third kappa shape index (κ3) is 1.84. The second-order valence-corrected chi connectivity index (χ2v) is 7.50. The Kier molecular flexibility index (Phi) is 2.74. The van der Waals surface area contributed by atoms with E-state index in [2.05, 4.69) is 0 Å². The molecule has 7 nitrogen and oxygen atoms in total. The highest BCUT2D eigenvalue weighted by Gasteiger charge is 2.47. The first-order valence-electron chi connectivity index (χ1n) is 4.59. The molecule has 0 radical (unpaired) electrons. The summed E-state index contributed by atoms with van der Waals surface area (Å²) in [6, 6.07) is 0. The molecular formula is C8H10NO6S2+. The molecule has 0 aromatic carbocycles. The molecule has 17 heavy (non-hydrogen) atoms. The van der Waals surface area contributed by atoms with Gasteiger partial charge in [-0.05, 0) is 0 Å². The lowest BCUT2D eigenvalue weighted by atomic mass is 10.4. The van der Waals surface area contributed by atoms with Crippen LogP contribution in [0.2, 0.25) is 0 Å². The molecule has 0 N–H and O–H groups in total. The zero-order chi connectivity index (χ0) is 12.8. The minimum absolute atomic E-state index is 0.0347. The van der Waals surface area contributed by atoms with Crippen LogP contribution in [0.4, 0.5) is 5.69 Å². The Morgan fingerprint density at radius 1 is 1.35 bits per heavy atom. The summed E-state index contributed by atoms with van der Waals surface area (Å²) in [7, 11) is -4.62. The minimum Gasteiger partial charge on any atom is -0.477 e. The van der Waals surface area contributed by atoms with Gasteiger partial charge in [-0.15, -0.1) is 0 Å². The summed E-state index contributed by atoms with van der Waals surface area (Å²) in [4.78, 5) is 10.3. The molecule has 1 aliphatic rings. The van der Waals surface area contributed by atoms with Crippen molar-refractivity contribution in [3.8, 4) is 10.8 Å². The maximum Gasteiger partial charge on any atom is 0.391 e. The van der Waals surface area contributed by atoms with E-state index in [0.717, 1.165) is 6.26 Å². The SMILES string of the molecule is C[s+]1c2c(c([N+](=O)[O-])c1S(C)(=O)=O)OCCO2. The molecule has 9 heteroatoms. The lowest BCUT2D eigenvalue weighted by molar-refractivity contribution is -0.388. The summed E-state index contributed by atoms with van der Waals surface area (Å²) < 4.78 is 33.5. The van der Waals surface area contributed by atoms with Crippen molar-refractivity contribution in [2.45, 2.75) is 4.21 Å². The van der Waals surface area contributed by atoms with Crippen molar-refractivity contribution in [3.63, 3.8) is 0 Å². The van der Waals surface area contributed by atoms with Gasteiger partial charge in [0.15, 0.2) is 0 Å². The fourth-order valence-corrected chi connectivity index (χ4v) is 5.56. The molecule has 0 saturated heterocycles. The number of rotatable bonds is 2. The van der Waals surface area contributed by atoms with E-state index in [1.165, 1.54) is 0 Å². The van der Waals surface area contributed by atoms with Crippen LogP contribution in [-0.4, -0.2) is 32.8 Å². The van der Waals surface area contributed by atoms with Gasteiger partial charge in [-0.2, -0.15) is 0 Å². The van der Waals surface area contributed by atoms with Crippen molar-refractivity contribution >= 4 is 26.0 Å². The van der Waals surface area contributed by atoms with Crippen molar-refractivity contribution in [1.29, 1.82) is 0 Å². The molecule has 1 aromatic heterocycles. The van der Waals surface area contributed by atoms with E-state index in [1.807, 2.05) is 0 Å². The van der Waals surface area contributed by atoms with Crippen LogP contribution in [-0.2, 0) is 16.1 Å². The summed E-state index contributed by atoms with van der Waals surface area (Å²) in [5, 5.41) is 11.2. The normalized spacial score (nSPS) is 15.8. The van der Waals surface area contributed by atoms with Gasteiger partial charge in [0.25, 0.3) is 0 Å². The maximum atomic E-state index is 11.6. The number of fused-ring (bicyclic) bond motifs is 1. The molecule has 1 aliphatic heterocycles. The van der Waals surface area contributed by atoms with Gasteiger partial charge in [-0.1, -0.05) is 0 Å². The van der Waals surface area contributed by atoms with Crippen LogP contribution in [0.5, 0.6) is 10.8 Å². The van der Waals surface area contributed by atoms with Gasteiger partial charge >= 0.3 is 20.7 Å². The number of ether oxygens (including phenoxy) is 2. The van der Waals surface area contributed by atoms with E-state index in [4.69, 9.17) is 9.47 Å². The molecule has 2 heterocycles. The largest absolute Gasteiger partial charge is 0.477 e. The predicted molar refractivity (Wildman–Crippen MR) is 60.7 cm³/mol. The second kappa shape index (κ2) is 3.84. The smallest absolute Gasteiger partial charge is 0.391 e. The summed E-state index contributed by atoms with van der Waals surface area (Å²) in [5.74, 6) is -0.0347. The molecule has 94 valence electrons. The van der Waals surface area contributed by atoms with Crippen LogP contribution in [0.15, 0.2) is 4.21 Å². The van der Waals surface area contributed by atoms with Gasteiger partial charge in [-0.3, -0.25) is 10.1 Å². The lowest BCUT2D eigenvalue weighted by Crippen LogP contribution is -2.14. The van der Waals surface area contributed by atoms with Crippen molar-refractivity contribution in [1.82, 2.24) is 0 Å². The molecule has 0 amide bonds. The first-order chi connectivity index (χ1) is 7.84. The third-order valence-electron chi connectivity index (χ3n) is 2.23.